The zero-order valence-electron chi connectivity index (χ0n) is 17.3. The summed E-state index contributed by atoms with van der Waals surface area (Å²) < 4.78 is 5.58. The Kier molecular flexibility index (Phi) is 5.75. The first kappa shape index (κ1) is 20.0. The van der Waals surface area contributed by atoms with Crippen molar-refractivity contribution < 1.29 is 9.53 Å². The number of methoxy groups -OCH3 is 1. The van der Waals surface area contributed by atoms with Crippen LogP contribution in [0.3, 0.4) is 0 Å². The minimum atomic E-state index is -0.233. The van der Waals surface area contributed by atoms with Crippen molar-refractivity contribution in [3.05, 3.63) is 60.3 Å². The smallest absolute Gasteiger partial charge is 0.274 e. The number of rotatable bonds is 7. The number of carbonyl (C=O) groups is 1. The summed E-state index contributed by atoms with van der Waals surface area (Å²) in [4.78, 5) is 20.1. The quantitative estimate of drug-likeness (QED) is 0.647. The number of carbonyl (C=O) groups excluding carboxylic acids is 1. The van der Waals surface area contributed by atoms with Gasteiger partial charge in [0, 0.05) is 49.5 Å². The van der Waals surface area contributed by atoms with Gasteiger partial charge in [0.25, 0.3) is 5.91 Å². The van der Waals surface area contributed by atoms with Crippen LogP contribution in [0.15, 0.2) is 54.6 Å². The maximum absolute atomic E-state index is 12.9. The lowest BCUT2D eigenvalue weighted by Gasteiger charge is -2.32. The Bertz CT molecular complexity index is 947. The third-order valence-corrected chi connectivity index (χ3v) is 5.15. The molecule has 2 aromatic carbocycles. The zero-order valence-corrected chi connectivity index (χ0v) is 17.3. The molecule has 148 valence electrons. The van der Waals surface area contributed by atoms with Crippen molar-refractivity contribution in [2.75, 3.05) is 37.0 Å². The molecule has 0 saturated carbocycles. The van der Waals surface area contributed by atoms with Crippen LogP contribution in [0.25, 0.3) is 10.9 Å². The van der Waals surface area contributed by atoms with Crippen LogP contribution in [0.5, 0.6) is 0 Å². The molecule has 0 saturated heterocycles. The average molecular weight is 380 g/mol. The van der Waals surface area contributed by atoms with Gasteiger partial charge in [-0.2, -0.15) is 0 Å². The van der Waals surface area contributed by atoms with Crippen molar-refractivity contribution in [2.24, 2.45) is 0 Å². The summed E-state index contributed by atoms with van der Waals surface area (Å²) >= 11 is 0. The molecule has 0 spiro atoms. The fourth-order valence-electron chi connectivity index (χ4n) is 3.29. The maximum atomic E-state index is 12.9. The molecule has 0 aliphatic carbocycles. The van der Waals surface area contributed by atoms with E-state index in [1.165, 1.54) is 0 Å². The lowest BCUT2D eigenvalue weighted by Crippen LogP contribution is -2.40. The molecule has 0 aliphatic rings. The van der Waals surface area contributed by atoms with E-state index in [1.807, 2.05) is 42.5 Å². The molecule has 0 unspecified atom stereocenters. The summed E-state index contributed by atoms with van der Waals surface area (Å²) in [7, 11) is 3.53. The van der Waals surface area contributed by atoms with Crippen LogP contribution in [0.1, 0.15) is 31.3 Å². The number of nitrogens with one attached hydrogen (secondary N) is 1. The summed E-state index contributed by atoms with van der Waals surface area (Å²) in [6, 6.07) is 17.8. The van der Waals surface area contributed by atoms with Crippen LogP contribution in [0.2, 0.25) is 0 Å². The van der Waals surface area contributed by atoms with E-state index < -0.39 is 0 Å². The van der Waals surface area contributed by atoms with Gasteiger partial charge in [0.15, 0.2) is 0 Å². The number of H-pyrrole nitrogens is 1. The highest BCUT2D eigenvalue weighted by atomic mass is 16.5. The van der Waals surface area contributed by atoms with Crippen molar-refractivity contribution in [2.45, 2.75) is 26.4 Å². The molecule has 0 fully saturated rings. The Balaban J connectivity index is 1.87. The highest BCUT2D eigenvalue weighted by Gasteiger charge is 2.21. The number of benzene rings is 2. The summed E-state index contributed by atoms with van der Waals surface area (Å²) in [6.07, 6.45) is 0. The van der Waals surface area contributed by atoms with E-state index in [0.717, 1.165) is 35.4 Å². The van der Waals surface area contributed by atoms with Gasteiger partial charge in [0.05, 0.1) is 5.60 Å². The van der Waals surface area contributed by atoms with Gasteiger partial charge >= 0.3 is 0 Å². The molecule has 28 heavy (non-hydrogen) atoms. The van der Waals surface area contributed by atoms with Crippen molar-refractivity contribution in [3.8, 4) is 0 Å². The van der Waals surface area contributed by atoms with Gasteiger partial charge in [0.2, 0.25) is 0 Å². The number of fused-ring (bicyclic) bond motifs is 1. The normalized spacial score (nSPS) is 11.6. The number of amides is 1. The third kappa shape index (κ3) is 4.20. The standard InChI is InChI=1S/C23H29N3O2/c1-6-26(16-23(2,3)28-5)19-12-13-20-17(14-19)15-21(24-20)22(27)25(4)18-10-8-7-9-11-18/h7-15,24H,6,16H2,1-5H3. The highest BCUT2D eigenvalue weighted by molar-refractivity contribution is 6.07. The molecule has 0 aliphatic heterocycles. The van der Waals surface area contributed by atoms with E-state index in [0.29, 0.717) is 5.69 Å². The lowest BCUT2D eigenvalue weighted by molar-refractivity contribution is 0.0292. The molecule has 5 heteroatoms. The first-order valence-corrected chi connectivity index (χ1v) is 9.60. The van der Waals surface area contributed by atoms with Crippen molar-refractivity contribution in [1.82, 2.24) is 4.98 Å². The van der Waals surface area contributed by atoms with E-state index in [2.05, 4.69) is 42.8 Å². The van der Waals surface area contributed by atoms with Gasteiger partial charge in [0.1, 0.15) is 5.69 Å². The second-order valence-corrected chi connectivity index (χ2v) is 7.63. The topological polar surface area (TPSA) is 48.6 Å². The molecule has 1 aromatic heterocycles. The van der Waals surface area contributed by atoms with Crippen molar-refractivity contribution in [3.63, 3.8) is 0 Å². The van der Waals surface area contributed by atoms with Crippen LogP contribution < -0.4 is 9.80 Å². The molecule has 0 atom stereocenters. The summed E-state index contributed by atoms with van der Waals surface area (Å²) in [5.41, 5.74) is 3.29. The second-order valence-electron chi connectivity index (χ2n) is 7.63. The van der Waals surface area contributed by atoms with E-state index in [1.54, 1.807) is 19.1 Å². The van der Waals surface area contributed by atoms with Gasteiger partial charge in [-0.1, -0.05) is 18.2 Å². The van der Waals surface area contributed by atoms with Gasteiger partial charge in [-0.3, -0.25) is 4.79 Å². The number of aromatic amines is 1. The van der Waals surface area contributed by atoms with Crippen molar-refractivity contribution >= 4 is 28.2 Å². The molecule has 0 radical (unpaired) electrons. The lowest BCUT2D eigenvalue weighted by atomic mass is 10.1. The fraction of sp³-hybridized carbons (Fsp3) is 0.348. The Labute approximate surface area is 166 Å². The first-order chi connectivity index (χ1) is 13.3. The van der Waals surface area contributed by atoms with E-state index in [4.69, 9.17) is 4.74 Å². The predicted octanol–water partition coefficient (Wildman–Crippen LogP) is 4.70. The van der Waals surface area contributed by atoms with Gasteiger partial charge in [-0.05, 0) is 57.2 Å². The van der Waals surface area contributed by atoms with Crippen LogP contribution in [0.4, 0.5) is 11.4 Å². The third-order valence-electron chi connectivity index (χ3n) is 5.15. The van der Waals surface area contributed by atoms with E-state index in [-0.39, 0.29) is 11.5 Å². The van der Waals surface area contributed by atoms with Crippen molar-refractivity contribution in [1.29, 1.82) is 0 Å². The number of ether oxygens (including phenoxy) is 1. The Morgan fingerprint density at radius 2 is 1.79 bits per heavy atom. The monoisotopic (exact) mass is 379 g/mol. The van der Waals surface area contributed by atoms with Crippen LogP contribution in [0, 0.1) is 0 Å². The largest absolute Gasteiger partial charge is 0.377 e. The maximum Gasteiger partial charge on any atom is 0.274 e. The molecule has 3 aromatic rings. The number of nitrogens with zero attached hydrogens (tertiary/aromatic N) is 2. The molecule has 1 N–H and O–H groups in total. The minimum Gasteiger partial charge on any atom is -0.377 e. The SMILES string of the molecule is CCN(CC(C)(C)OC)c1ccc2[nH]c(C(=O)N(C)c3ccccc3)cc2c1. The molecular weight excluding hydrogens is 350 g/mol. The number of hydrogen-bond acceptors (Lipinski definition) is 3. The average Bonchev–Trinajstić information content (AvgIpc) is 3.15. The molecule has 1 amide bonds. The minimum absolute atomic E-state index is 0.0585. The second kappa shape index (κ2) is 8.07. The molecule has 5 nitrogen and oxygen atoms in total. The Hall–Kier alpha value is -2.79. The Morgan fingerprint density at radius 1 is 1.07 bits per heavy atom. The van der Waals surface area contributed by atoms with Crippen LogP contribution in [-0.4, -0.2) is 43.7 Å². The Morgan fingerprint density at radius 3 is 2.43 bits per heavy atom. The van der Waals surface area contributed by atoms with Gasteiger partial charge < -0.3 is 19.5 Å². The van der Waals surface area contributed by atoms with E-state index in [9.17, 15) is 4.79 Å². The van der Waals surface area contributed by atoms with Gasteiger partial charge in [-0.15, -0.1) is 0 Å². The molecule has 0 bridgehead atoms. The summed E-state index contributed by atoms with van der Waals surface area (Å²) in [5, 5.41) is 1.02. The van der Waals surface area contributed by atoms with Gasteiger partial charge in [-0.25, -0.2) is 0 Å². The number of para-hydroxylation sites is 1. The molecule has 1 heterocycles. The number of anilines is 2. The number of aromatic nitrogens is 1. The fourth-order valence-corrected chi connectivity index (χ4v) is 3.29. The number of likely N-dealkylation sites (N-methyl/N-ethyl adjacent to an activating group) is 1. The first-order valence-electron chi connectivity index (χ1n) is 9.60. The van der Waals surface area contributed by atoms with Crippen LogP contribution in [-0.2, 0) is 4.74 Å². The highest BCUT2D eigenvalue weighted by Crippen LogP contribution is 2.26. The molecular formula is C23H29N3O2. The summed E-state index contributed by atoms with van der Waals surface area (Å²) in [5.74, 6) is -0.0585. The molecule has 3 rings (SSSR count). The summed E-state index contributed by atoms with van der Waals surface area (Å²) in [6.45, 7) is 7.97. The van der Waals surface area contributed by atoms with Crippen LogP contribution >= 0.6 is 0 Å². The predicted molar refractivity (Wildman–Crippen MR) is 116 cm³/mol. The van der Waals surface area contributed by atoms with E-state index >= 15 is 0 Å². The number of hydrogen-bond donors (Lipinski definition) is 1. The zero-order chi connectivity index (χ0) is 20.3.